The number of nitrogens with one attached hydrogen (secondary N) is 1. The van der Waals surface area contributed by atoms with Gasteiger partial charge in [-0.2, -0.15) is 26.7 Å². The number of esters is 1. The van der Waals surface area contributed by atoms with Crippen molar-refractivity contribution < 1.29 is 78.3 Å². The highest BCUT2D eigenvalue weighted by molar-refractivity contribution is 7.92. The smallest absolute Gasteiger partial charge is 0.490 e. The van der Waals surface area contributed by atoms with Crippen molar-refractivity contribution in [2.75, 3.05) is 56.5 Å². The first-order chi connectivity index (χ1) is 28.7. The average molecular weight is 928 g/mol. The van der Waals surface area contributed by atoms with Crippen LogP contribution >= 0.6 is 23.2 Å². The molecule has 332 valence electrons. The van der Waals surface area contributed by atoms with Gasteiger partial charge in [-0.1, -0.05) is 35.3 Å². The van der Waals surface area contributed by atoms with Gasteiger partial charge in [-0.3, -0.25) is 28.9 Å². The fourth-order valence-electron chi connectivity index (χ4n) is 6.07. The predicted molar refractivity (Wildman–Crippen MR) is 204 cm³/mol. The molecule has 2 amide bonds. The van der Waals surface area contributed by atoms with Crippen molar-refractivity contribution in [1.29, 1.82) is 0 Å². The molecule has 1 saturated heterocycles. The van der Waals surface area contributed by atoms with Crippen LogP contribution in [0.3, 0.4) is 0 Å². The van der Waals surface area contributed by atoms with E-state index in [9.17, 15) is 50.0 Å². The molecular weight excluding hydrogens is 890 g/mol. The number of morpholine rings is 1. The number of amides is 2. The van der Waals surface area contributed by atoms with Crippen molar-refractivity contribution in [2.24, 2.45) is 5.92 Å². The number of pyridine rings is 1. The number of fused-ring (bicyclic) bond motifs is 1. The Morgan fingerprint density at radius 3 is 2.30 bits per heavy atom. The van der Waals surface area contributed by atoms with Crippen LogP contribution in [0.1, 0.15) is 57.2 Å². The summed E-state index contributed by atoms with van der Waals surface area (Å²) in [4.78, 5) is 52.2. The van der Waals surface area contributed by atoms with Gasteiger partial charge in [0, 0.05) is 25.1 Å². The number of sulfonamides is 1. The number of hydrogen-bond donors (Lipinski definition) is 2. The lowest BCUT2D eigenvalue weighted by Crippen LogP contribution is -2.37. The number of nitrogens with zero attached hydrogens (tertiary/aromatic N) is 3. The maximum absolute atomic E-state index is 13.6. The number of benzene rings is 2. The number of imide groups is 1. The minimum Gasteiger partial charge on any atom is -0.619 e. The molecule has 2 N–H and O–H groups in total. The quantitative estimate of drug-likeness (QED) is 0.0586. The van der Waals surface area contributed by atoms with Crippen molar-refractivity contribution in [3.05, 3.63) is 86.3 Å². The minimum atomic E-state index is -5.08. The molecule has 24 heteroatoms. The Labute approximate surface area is 354 Å². The molecule has 2 aromatic carbocycles. The molecule has 1 aliphatic carbocycles. The molecule has 3 aromatic rings. The lowest BCUT2D eigenvalue weighted by molar-refractivity contribution is -0.605. The number of carboxylic acids is 1. The molecule has 2 aliphatic heterocycles. The molecule has 3 heterocycles. The maximum atomic E-state index is 13.6. The van der Waals surface area contributed by atoms with Gasteiger partial charge in [-0.25, -0.2) is 13.2 Å². The monoisotopic (exact) mass is 926 g/mol. The van der Waals surface area contributed by atoms with Crippen LogP contribution in [0.25, 0.3) is 0 Å². The Balaban J connectivity index is 0.000000925. The Hall–Kier alpha value is -5.03. The van der Waals surface area contributed by atoms with Gasteiger partial charge < -0.3 is 29.3 Å². The number of carbonyl (C=O) groups excluding carboxylic acids is 3. The van der Waals surface area contributed by atoms with E-state index in [0.29, 0.717) is 48.9 Å². The number of rotatable bonds is 17. The Morgan fingerprint density at radius 1 is 1.03 bits per heavy atom. The largest absolute Gasteiger partial charge is 0.619 e. The van der Waals surface area contributed by atoms with Crippen LogP contribution in [0.5, 0.6) is 11.5 Å². The van der Waals surface area contributed by atoms with E-state index in [1.54, 1.807) is 0 Å². The molecule has 1 saturated carbocycles. The van der Waals surface area contributed by atoms with Gasteiger partial charge in [0.05, 0.1) is 42.4 Å². The minimum absolute atomic E-state index is 0.0418. The van der Waals surface area contributed by atoms with Gasteiger partial charge in [0.15, 0.2) is 23.9 Å². The molecule has 0 radical (unpaired) electrons. The molecule has 3 aliphatic rings. The van der Waals surface area contributed by atoms with Crippen LogP contribution in [-0.4, -0.2) is 112 Å². The highest BCUT2D eigenvalue weighted by atomic mass is 35.5. The first-order valence-corrected chi connectivity index (χ1v) is 20.7. The lowest BCUT2D eigenvalue weighted by atomic mass is 10.0. The molecule has 1 atom stereocenters. The van der Waals surface area contributed by atoms with Crippen molar-refractivity contribution in [3.63, 3.8) is 0 Å². The number of carboxylic acid groups (broad SMARTS) is 1. The third kappa shape index (κ3) is 13.2. The molecule has 6 rings (SSSR count). The van der Waals surface area contributed by atoms with E-state index >= 15 is 0 Å². The number of carbonyl (C=O) groups is 4. The summed E-state index contributed by atoms with van der Waals surface area (Å²) in [7, 11) is -3.93. The Morgan fingerprint density at radius 2 is 1.69 bits per heavy atom. The SMILES string of the molecule is O=C(CN1C(=O)c2cccc(NS(=O)(=O)CCCN3CCOCC3)c2C1=O)O[C@@H](Cc1c(Cl)c[n+]([O-])cc1Cl)c1ccc(OC(F)F)c(OCC2CC2)c1.O=C(O)C(F)(F)F. The average Bonchev–Trinajstić information content (AvgIpc) is 3.98. The van der Waals surface area contributed by atoms with E-state index in [0.717, 1.165) is 25.2 Å². The van der Waals surface area contributed by atoms with Crippen molar-refractivity contribution in [2.45, 2.75) is 44.6 Å². The number of anilines is 1. The van der Waals surface area contributed by atoms with Gasteiger partial charge in [-0.05, 0) is 61.6 Å². The summed E-state index contributed by atoms with van der Waals surface area (Å²) in [5, 5.41) is 18.9. The second kappa shape index (κ2) is 20.2. The van der Waals surface area contributed by atoms with E-state index in [-0.39, 0.29) is 74.2 Å². The van der Waals surface area contributed by atoms with Gasteiger partial charge in [0.2, 0.25) is 10.0 Å². The summed E-state index contributed by atoms with van der Waals surface area (Å²) in [5.74, 6) is -5.87. The molecule has 0 unspecified atom stereocenters. The fraction of sp³-hybridized carbons (Fsp3) is 0.432. The van der Waals surface area contributed by atoms with Crippen LogP contribution in [0.4, 0.5) is 27.6 Å². The third-order valence-electron chi connectivity index (χ3n) is 9.23. The number of ether oxygens (including phenoxy) is 4. The number of aromatic nitrogens is 1. The van der Waals surface area contributed by atoms with E-state index in [1.807, 2.05) is 0 Å². The van der Waals surface area contributed by atoms with Crippen molar-refractivity contribution >= 4 is 62.7 Å². The number of halogens is 7. The fourth-order valence-corrected chi connectivity index (χ4v) is 7.79. The van der Waals surface area contributed by atoms with Gasteiger partial charge in [0.1, 0.15) is 22.7 Å². The first-order valence-electron chi connectivity index (χ1n) is 18.3. The summed E-state index contributed by atoms with van der Waals surface area (Å²) in [6.45, 7) is -0.709. The number of hydrogen-bond acceptors (Lipinski definition) is 12. The summed E-state index contributed by atoms with van der Waals surface area (Å²) in [5.41, 5.74) is -0.00321. The van der Waals surface area contributed by atoms with Crippen molar-refractivity contribution in [1.82, 2.24) is 9.80 Å². The summed E-state index contributed by atoms with van der Waals surface area (Å²) in [6.07, 6.45) is -2.33. The van der Waals surface area contributed by atoms with Crippen LogP contribution in [0, 0.1) is 11.1 Å². The van der Waals surface area contributed by atoms with E-state index in [1.165, 1.54) is 36.4 Å². The zero-order chi connectivity index (χ0) is 44.6. The molecular formula is C37H37Cl2F5N4O12S. The second-order valence-electron chi connectivity index (χ2n) is 13.8. The number of aliphatic carboxylic acids is 1. The maximum Gasteiger partial charge on any atom is 0.490 e. The highest BCUT2D eigenvalue weighted by Gasteiger charge is 2.40. The zero-order valence-corrected chi connectivity index (χ0v) is 34.0. The highest BCUT2D eigenvalue weighted by Crippen LogP contribution is 2.38. The molecule has 61 heavy (non-hydrogen) atoms. The first kappa shape index (κ1) is 47.0. The molecule has 2 fully saturated rings. The topological polar surface area (TPSA) is 205 Å². The second-order valence-corrected chi connectivity index (χ2v) is 16.4. The van der Waals surface area contributed by atoms with Crippen LogP contribution in [-0.2, 0) is 35.5 Å². The summed E-state index contributed by atoms with van der Waals surface area (Å²) in [6, 6.07) is 8.05. The van der Waals surface area contributed by atoms with Crippen LogP contribution < -0.4 is 18.9 Å². The summed E-state index contributed by atoms with van der Waals surface area (Å²) >= 11 is 12.7. The van der Waals surface area contributed by atoms with Gasteiger partial charge in [-0.15, -0.1) is 0 Å². The van der Waals surface area contributed by atoms with E-state index in [4.69, 9.17) is 47.3 Å². The Bertz CT molecular complexity index is 2200. The standard InChI is InChI=1S/C35H36Cl2F2N4O10S.C2HF3O2/c36-25-17-42(47)18-26(37)24(25)16-29(22-7-8-28(53-35(38)39)30(15-22)51-20-21-5-6-21)52-31(44)19-43-33(45)23-3-1-4-27(32(23)34(43)46)40-54(48,49)14-2-9-41-10-12-50-13-11-41;3-2(4,5)1(6)7/h1,3-4,7-8,15,17-18,21,29,35,40H,2,5-6,9-14,16,19-20H2;(H,6,7)/t29-;/m0./s1. The molecule has 0 bridgehead atoms. The van der Waals surface area contributed by atoms with Crippen LogP contribution in [0.15, 0.2) is 48.8 Å². The van der Waals surface area contributed by atoms with Gasteiger partial charge >= 0.3 is 24.7 Å². The normalized spacial score (nSPS) is 16.1. The Kier molecular flexibility index (Phi) is 15.6. The summed E-state index contributed by atoms with van der Waals surface area (Å²) < 4.78 is 109. The molecule has 0 spiro atoms. The predicted octanol–water partition coefficient (Wildman–Crippen LogP) is 5.24. The van der Waals surface area contributed by atoms with E-state index < -0.39 is 59.2 Å². The van der Waals surface area contributed by atoms with Crippen molar-refractivity contribution in [3.8, 4) is 11.5 Å². The lowest BCUT2D eigenvalue weighted by Gasteiger charge is -2.26. The van der Waals surface area contributed by atoms with Crippen LogP contribution in [0.2, 0.25) is 10.0 Å². The molecule has 1 aromatic heterocycles. The third-order valence-corrected chi connectivity index (χ3v) is 11.2. The van der Waals surface area contributed by atoms with Gasteiger partial charge in [0.25, 0.3) is 11.8 Å². The van der Waals surface area contributed by atoms with E-state index in [2.05, 4.69) is 14.4 Å². The zero-order valence-electron chi connectivity index (χ0n) is 31.7. The molecule has 16 nitrogen and oxygen atoms in total. The number of alkyl halides is 5.